The fraction of sp³-hybridized carbons (Fsp3) is 0.533. The Morgan fingerprint density at radius 3 is 2.72 bits per heavy atom. The van der Waals surface area contributed by atoms with Crippen LogP contribution in [0.4, 0.5) is 0 Å². The first kappa shape index (κ1) is 11.7. The summed E-state index contributed by atoms with van der Waals surface area (Å²) in [5, 5.41) is 19.3. The highest BCUT2D eigenvalue weighted by molar-refractivity contribution is 5.17. The first-order chi connectivity index (χ1) is 8.79. The van der Waals surface area contributed by atoms with Crippen molar-refractivity contribution in [2.75, 3.05) is 0 Å². The summed E-state index contributed by atoms with van der Waals surface area (Å²) in [4.78, 5) is 2.34. The maximum atomic E-state index is 10.1. The molecule has 2 bridgehead atoms. The van der Waals surface area contributed by atoms with Gasteiger partial charge in [-0.2, -0.15) is 5.26 Å². The van der Waals surface area contributed by atoms with Crippen LogP contribution in [0.5, 0.6) is 0 Å². The maximum Gasteiger partial charge on any atom is 0.0696 e. The smallest absolute Gasteiger partial charge is 0.0696 e. The molecule has 3 heteroatoms. The summed E-state index contributed by atoms with van der Waals surface area (Å²) in [5.41, 5.74) is 1.26. The van der Waals surface area contributed by atoms with E-state index in [2.05, 4.69) is 23.1 Å². The Morgan fingerprint density at radius 2 is 2.00 bits per heavy atom. The van der Waals surface area contributed by atoms with Gasteiger partial charge in [-0.15, -0.1) is 0 Å². The molecule has 2 saturated heterocycles. The molecular formula is C15H18N2O. The number of hydrogen-bond acceptors (Lipinski definition) is 3. The molecule has 2 fully saturated rings. The summed E-state index contributed by atoms with van der Waals surface area (Å²) >= 11 is 0. The lowest BCUT2D eigenvalue weighted by atomic mass is 9.97. The van der Waals surface area contributed by atoms with Crippen LogP contribution in [0.25, 0.3) is 0 Å². The van der Waals surface area contributed by atoms with Crippen molar-refractivity contribution in [1.29, 1.82) is 5.26 Å². The summed E-state index contributed by atoms with van der Waals surface area (Å²) in [6.07, 6.45) is 2.36. The highest BCUT2D eigenvalue weighted by Crippen LogP contribution is 2.40. The van der Waals surface area contributed by atoms with E-state index in [4.69, 9.17) is 0 Å². The third-order valence-electron chi connectivity index (χ3n) is 4.39. The number of rotatable bonds is 2. The summed E-state index contributed by atoms with van der Waals surface area (Å²) in [6.45, 7) is 0.853. The second-order valence-electron chi connectivity index (χ2n) is 5.41. The number of hydrogen-bond donors (Lipinski definition) is 1. The third-order valence-corrected chi connectivity index (χ3v) is 4.39. The van der Waals surface area contributed by atoms with Gasteiger partial charge in [0.25, 0.3) is 0 Å². The Bertz CT molecular complexity index is 453. The average Bonchev–Trinajstić information content (AvgIpc) is 2.65. The molecular weight excluding hydrogens is 224 g/mol. The predicted octanol–water partition coefficient (Wildman–Crippen LogP) is 1.92. The Balaban J connectivity index is 1.81. The van der Waals surface area contributed by atoms with Crippen molar-refractivity contribution >= 4 is 0 Å². The van der Waals surface area contributed by atoms with Crippen molar-refractivity contribution in [3.63, 3.8) is 0 Å². The average molecular weight is 242 g/mol. The lowest BCUT2D eigenvalue weighted by Crippen LogP contribution is -2.47. The SMILES string of the molecule is N#C[C@@H]1C[C@H]2[C@H](O)CC[C@H]1N2Cc1ccccc1. The lowest BCUT2D eigenvalue weighted by molar-refractivity contribution is 0.00817. The van der Waals surface area contributed by atoms with E-state index in [1.54, 1.807) is 0 Å². The van der Waals surface area contributed by atoms with Gasteiger partial charge in [0, 0.05) is 18.6 Å². The van der Waals surface area contributed by atoms with Crippen LogP contribution >= 0.6 is 0 Å². The van der Waals surface area contributed by atoms with Crippen LogP contribution in [0.15, 0.2) is 30.3 Å². The summed E-state index contributed by atoms with van der Waals surface area (Å²) in [5.74, 6) is 0.0934. The highest BCUT2D eigenvalue weighted by Gasteiger charge is 2.47. The van der Waals surface area contributed by atoms with Crippen molar-refractivity contribution in [2.45, 2.75) is 44.0 Å². The number of nitriles is 1. The fourth-order valence-electron chi connectivity index (χ4n) is 3.48. The molecule has 3 rings (SSSR count). The molecule has 2 aliphatic heterocycles. The molecule has 1 aromatic carbocycles. The number of piperidine rings is 1. The zero-order chi connectivity index (χ0) is 12.5. The van der Waals surface area contributed by atoms with Gasteiger partial charge in [-0.05, 0) is 24.8 Å². The topological polar surface area (TPSA) is 47.3 Å². The van der Waals surface area contributed by atoms with E-state index in [1.807, 2.05) is 18.2 Å². The van der Waals surface area contributed by atoms with Crippen molar-refractivity contribution in [2.24, 2.45) is 5.92 Å². The van der Waals surface area contributed by atoms with Gasteiger partial charge in [-0.1, -0.05) is 30.3 Å². The standard InChI is InChI=1S/C15H18N2O/c16-9-12-8-14-15(18)7-6-13(12)17(14)10-11-4-2-1-3-5-11/h1-5,12-15,18H,6-8,10H2/t12-,13+,14-,15+/m0/s1. The Kier molecular flexibility index (Phi) is 3.07. The third kappa shape index (κ3) is 1.92. The fourth-order valence-corrected chi connectivity index (χ4v) is 3.48. The highest BCUT2D eigenvalue weighted by atomic mass is 16.3. The van der Waals surface area contributed by atoms with Crippen molar-refractivity contribution in [1.82, 2.24) is 4.90 Å². The van der Waals surface area contributed by atoms with Crippen LogP contribution in [0.1, 0.15) is 24.8 Å². The van der Waals surface area contributed by atoms with E-state index in [0.717, 1.165) is 25.8 Å². The number of nitrogens with zero attached hydrogens (tertiary/aromatic N) is 2. The summed E-state index contributed by atoms with van der Waals surface area (Å²) < 4.78 is 0. The minimum absolute atomic E-state index is 0.0934. The minimum atomic E-state index is -0.261. The van der Waals surface area contributed by atoms with Gasteiger partial charge >= 0.3 is 0 Å². The first-order valence-electron chi connectivity index (χ1n) is 6.67. The van der Waals surface area contributed by atoms with Crippen molar-refractivity contribution < 1.29 is 5.11 Å². The van der Waals surface area contributed by atoms with Crippen LogP contribution in [0.2, 0.25) is 0 Å². The van der Waals surface area contributed by atoms with Crippen LogP contribution in [-0.4, -0.2) is 28.2 Å². The van der Waals surface area contributed by atoms with Crippen molar-refractivity contribution in [3.05, 3.63) is 35.9 Å². The van der Waals surface area contributed by atoms with Crippen LogP contribution in [0.3, 0.4) is 0 Å². The Labute approximate surface area is 108 Å². The van der Waals surface area contributed by atoms with Crippen LogP contribution < -0.4 is 0 Å². The summed E-state index contributed by atoms with van der Waals surface area (Å²) in [6, 6.07) is 13.3. The molecule has 3 nitrogen and oxygen atoms in total. The normalized spacial score (nSPS) is 35.3. The molecule has 0 amide bonds. The minimum Gasteiger partial charge on any atom is -0.391 e. The monoisotopic (exact) mass is 242 g/mol. The molecule has 0 radical (unpaired) electrons. The molecule has 1 N–H and O–H groups in total. The van der Waals surface area contributed by atoms with E-state index in [0.29, 0.717) is 6.04 Å². The van der Waals surface area contributed by atoms with Gasteiger partial charge in [0.05, 0.1) is 18.1 Å². The number of aliphatic hydroxyl groups excluding tert-OH is 1. The van der Waals surface area contributed by atoms with E-state index in [1.165, 1.54) is 5.56 Å². The van der Waals surface area contributed by atoms with Gasteiger partial charge in [-0.25, -0.2) is 0 Å². The molecule has 1 aromatic rings. The van der Waals surface area contributed by atoms with Gasteiger partial charge in [-0.3, -0.25) is 4.90 Å². The number of aliphatic hydroxyl groups is 1. The quantitative estimate of drug-likeness (QED) is 0.862. The number of fused-ring (bicyclic) bond motifs is 2. The molecule has 2 aliphatic rings. The van der Waals surface area contributed by atoms with Crippen molar-refractivity contribution in [3.8, 4) is 6.07 Å². The van der Waals surface area contributed by atoms with E-state index in [9.17, 15) is 10.4 Å². The largest absolute Gasteiger partial charge is 0.391 e. The van der Waals surface area contributed by atoms with Crippen LogP contribution in [0, 0.1) is 17.2 Å². The molecule has 2 heterocycles. The van der Waals surface area contributed by atoms with Gasteiger partial charge < -0.3 is 5.11 Å². The zero-order valence-corrected chi connectivity index (χ0v) is 10.4. The van der Waals surface area contributed by atoms with E-state index >= 15 is 0 Å². The Hall–Kier alpha value is -1.37. The molecule has 0 spiro atoms. The molecule has 0 saturated carbocycles. The molecule has 0 unspecified atom stereocenters. The van der Waals surface area contributed by atoms with E-state index in [-0.39, 0.29) is 18.1 Å². The maximum absolute atomic E-state index is 10.1. The molecule has 4 atom stereocenters. The molecule has 18 heavy (non-hydrogen) atoms. The molecule has 94 valence electrons. The second-order valence-corrected chi connectivity index (χ2v) is 5.41. The predicted molar refractivity (Wildman–Crippen MR) is 68.5 cm³/mol. The molecule has 0 aliphatic carbocycles. The van der Waals surface area contributed by atoms with Crippen LogP contribution in [-0.2, 0) is 6.54 Å². The Morgan fingerprint density at radius 1 is 1.22 bits per heavy atom. The van der Waals surface area contributed by atoms with Gasteiger partial charge in [0.15, 0.2) is 0 Å². The zero-order valence-electron chi connectivity index (χ0n) is 10.4. The van der Waals surface area contributed by atoms with Gasteiger partial charge in [0.2, 0.25) is 0 Å². The first-order valence-corrected chi connectivity index (χ1v) is 6.67. The number of benzene rings is 1. The van der Waals surface area contributed by atoms with E-state index < -0.39 is 0 Å². The summed E-state index contributed by atoms with van der Waals surface area (Å²) in [7, 11) is 0. The second kappa shape index (κ2) is 4.72. The molecule has 0 aromatic heterocycles. The van der Waals surface area contributed by atoms with Gasteiger partial charge in [0.1, 0.15) is 0 Å². The lowest BCUT2D eigenvalue weighted by Gasteiger charge is -2.38.